The smallest absolute Gasteiger partial charge is 0.164 e. The summed E-state index contributed by atoms with van der Waals surface area (Å²) in [5, 5.41) is 7.10. The second kappa shape index (κ2) is 10.9. The molecule has 0 amide bonds. The van der Waals surface area contributed by atoms with E-state index in [2.05, 4.69) is 102 Å². The number of fused-ring (bicyclic) bond motifs is 9. The SMILES string of the molecule is c1ccc(-c2nc(-c3ccccc3)nc(-c3ccc4c(c3)sc3cc5c(cc34)oc3cc(-n4c6ccccc6c6ccccc64)ccc35)n2)cc1. The highest BCUT2D eigenvalue weighted by Gasteiger charge is 2.17. The predicted octanol–water partition coefficient (Wildman–Crippen LogP) is 12.2. The molecule has 11 rings (SSSR count). The first-order chi connectivity index (χ1) is 25.2. The summed E-state index contributed by atoms with van der Waals surface area (Å²) >= 11 is 1.79. The minimum atomic E-state index is 0.654. The zero-order valence-electron chi connectivity index (χ0n) is 27.1. The van der Waals surface area contributed by atoms with E-state index < -0.39 is 0 Å². The van der Waals surface area contributed by atoms with Crippen molar-refractivity contribution in [3.05, 3.63) is 158 Å². The van der Waals surface area contributed by atoms with Crippen LogP contribution in [-0.4, -0.2) is 19.5 Å². The zero-order chi connectivity index (χ0) is 33.5. The molecule has 0 N–H and O–H groups in total. The van der Waals surface area contributed by atoms with Crippen molar-refractivity contribution in [2.45, 2.75) is 0 Å². The van der Waals surface area contributed by atoms with Gasteiger partial charge >= 0.3 is 0 Å². The normalized spacial score (nSPS) is 11.9. The van der Waals surface area contributed by atoms with Crippen LogP contribution in [0.1, 0.15) is 0 Å². The van der Waals surface area contributed by atoms with Crippen LogP contribution in [0.15, 0.2) is 162 Å². The van der Waals surface area contributed by atoms with Gasteiger partial charge in [-0.15, -0.1) is 11.3 Å². The lowest BCUT2D eigenvalue weighted by Crippen LogP contribution is -1.99. The highest BCUT2D eigenvalue weighted by Crippen LogP contribution is 2.42. The number of furan rings is 1. The van der Waals surface area contributed by atoms with E-state index in [9.17, 15) is 0 Å². The largest absolute Gasteiger partial charge is 0.456 e. The van der Waals surface area contributed by atoms with E-state index >= 15 is 0 Å². The van der Waals surface area contributed by atoms with Crippen LogP contribution < -0.4 is 0 Å². The lowest BCUT2D eigenvalue weighted by molar-refractivity contribution is 0.669. The molecule has 5 nitrogen and oxygen atoms in total. The number of thiophene rings is 1. The number of para-hydroxylation sites is 2. The van der Waals surface area contributed by atoms with Crippen molar-refractivity contribution >= 4 is 75.3 Å². The molecule has 0 bridgehead atoms. The van der Waals surface area contributed by atoms with Crippen LogP contribution in [0.5, 0.6) is 0 Å². The Balaban J connectivity index is 1.03. The molecule has 11 aromatic rings. The van der Waals surface area contributed by atoms with Crippen molar-refractivity contribution in [2.24, 2.45) is 0 Å². The van der Waals surface area contributed by atoms with Gasteiger partial charge in [0.25, 0.3) is 0 Å². The van der Waals surface area contributed by atoms with Gasteiger partial charge in [0.2, 0.25) is 0 Å². The van der Waals surface area contributed by atoms with Gasteiger partial charge in [-0.25, -0.2) is 15.0 Å². The Morgan fingerprint density at radius 1 is 0.392 bits per heavy atom. The maximum Gasteiger partial charge on any atom is 0.164 e. The van der Waals surface area contributed by atoms with Crippen LogP contribution in [0.25, 0.3) is 104 Å². The molecule has 51 heavy (non-hydrogen) atoms. The lowest BCUT2D eigenvalue weighted by Gasteiger charge is -2.08. The quantitative estimate of drug-likeness (QED) is 0.187. The fourth-order valence-corrected chi connectivity index (χ4v) is 8.62. The molecular formula is C45H26N4OS. The molecule has 4 heterocycles. The van der Waals surface area contributed by atoms with Crippen molar-refractivity contribution in [1.29, 1.82) is 0 Å². The van der Waals surface area contributed by atoms with Gasteiger partial charge in [0, 0.05) is 70.2 Å². The minimum absolute atomic E-state index is 0.654. The van der Waals surface area contributed by atoms with Gasteiger partial charge < -0.3 is 8.98 Å². The van der Waals surface area contributed by atoms with E-state index in [1.807, 2.05) is 60.7 Å². The van der Waals surface area contributed by atoms with Crippen LogP contribution >= 0.6 is 11.3 Å². The molecule has 0 spiro atoms. The van der Waals surface area contributed by atoms with Gasteiger partial charge in [-0.1, -0.05) is 109 Å². The maximum atomic E-state index is 6.61. The van der Waals surface area contributed by atoms with Gasteiger partial charge in [0.15, 0.2) is 17.5 Å². The van der Waals surface area contributed by atoms with Crippen LogP contribution in [-0.2, 0) is 0 Å². The maximum absolute atomic E-state index is 6.61. The third-order valence-electron chi connectivity index (χ3n) is 9.84. The van der Waals surface area contributed by atoms with Crippen LogP contribution in [0.2, 0.25) is 0 Å². The summed E-state index contributed by atoms with van der Waals surface area (Å²) in [7, 11) is 0. The highest BCUT2D eigenvalue weighted by atomic mass is 32.1. The van der Waals surface area contributed by atoms with Crippen LogP contribution in [0, 0.1) is 0 Å². The fraction of sp³-hybridized carbons (Fsp3) is 0. The molecule has 0 aliphatic heterocycles. The highest BCUT2D eigenvalue weighted by molar-refractivity contribution is 7.25. The molecule has 0 atom stereocenters. The van der Waals surface area contributed by atoms with E-state index in [-0.39, 0.29) is 0 Å². The Morgan fingerprint density at radius 3 is 1.61 bits per heavy atom. The van der Waals surface area contributed by atoms with Crippen molar-refractivity contribution in [1.82, 2.24) is 19.5 Å². The minimum Gasteiger partial charge on any atom is -0.456 e. The number of aromatic nitrogens is 4. The first-order valence-electron chi connectivity index (χ1n) is 16.9. The fourth-order valence-electron chi connectivity index (χ4n) is 7.45. The zero-order valence-corrected chi connectivity index (χ0v) is 27.9. The summed E-state index contributed by atoms with van der Waals surface area (Å²) < 4.78 is 11.3. The second-order valence-electron chi connectivity index (χ2n) is 12.8. The Morgan fingerprint density at radius 2 is 0.941 bits per heavy atom. The summed E-state index contributed by atoms with van der Waals surface area (Å²) in [4.78, 5) is 14.8. The second-order valence-corrected chi connectivity index (χ2v) is 13.9. The lowest BCUT2D eigenvalue weighted by atomic mass is 10.1. The molecular weight excluding hydrogens is 645 g/mol. The van der Waals surface area contributed by atoms with Crippen molar-refractivity contribution < 1.29 is 4.42 Å². The van der Waals surface area contributed by atoms with E-state index in [4.69, 9.17) is 19.4 Å². The van der Waals surface area contributed by atoms with Gasteiger partial charge in [0.1, 0.15) is 11.2 Å². The van der Waals surface area contributed by atoms with E-state index in [1.54, 1.807) is 11.3 Å². The average molecular weight is 671 g/mol. The molecule has 0 saturated heterocycles. The molecule has 0 fully saturated rings. The van der Waals surface area contributed by atoms with Crippen molar-refractivity contribution in [2.75, 3.05) is 0 Å². The Labute approximate surface area is 295 Å². The van der Waals surface area contributed by atoms with Gasteiger partial charge in [-0.05, 0) is 42.5 Å². The first-order valence-corrected chi connectivity index (χ1v) is 17.8. The topological polar surface area (TPSA) is 56.7 Å². The third-order valence-corrected chi connectivity index (χ3v) is 11.0. The first kappa shape index (κ1) is 28.2. The monoisotopic (exact) mass is 670 g/mol. The Kier molecular flexibility index (Phi) is 6.05. The number of benzene rings is 7. The molecule has 0 unspecified atom stereocenters. The van der Waals surface area contributed by atoms with Gasteiger partial charge in [-0.3, -0.25) is 0 Å². The Bertz CT molecular complexity index is 3030. The molecule has 0 aliphatic carbocycles. The Hall–Kier alpha value is -6.63. The van der Waals surface area contributed by atoms with E-state index in [1.165, 1.54) is 42.0 Å². The van der Waals surface area contributed by atoms with Crippen molar-refractivity contribution in [3.63, 3.8) is 0 Å². The average Bonchev–Trinajstić information content (AvgIpc) is 3.85. The number of rotatable bonds is 4. The molecule has 7 aromatic carbocycles. The van der Waals surface area contributed by atoms with Crippen LogP contribution in [0.4, 0.5) is 0 Å². The third kappa shape index (κ3) is 4.43. The number of hydrogen-bond acceptors (Lipinski definition) is 5. The summed E-state index contributed by atoms with van der Waals surface area (Å²) in [5.74, 6) is 1.97. The van der Waals surface area contributed by atoms with Gasteiger partial charge in [-0.2, -0.15) is 0 Å². The van der Waals surface area contributed by atoms with Crippen LogP contribution in [0.3, 0.4) is 0 Å². The van der Waals surface area contributed by atoms with Gasteiger partial charge in [0.05, 0.1) is 11.0 Å². The molecule has 0 saturated carbocycles. The molecule has 0 aliphatic rings. The number of nitrogens with zero attached hydrogens (tertiary/aromatic N) is 4. The summed E-state index contributed by atoms with van der Waals surface area (Å²) in [6.07, 6.45) is 0. The molecule has 0 radical (unpaired) electrons. The summed E-state index contributed by atoms with van der Waals surface area (Å²) in [5.41, 5.74) is 8.09. The summed E-state index contributed by atoms with van der Waals surface area (Å²) in [6.45, 7) is 0. The van der Waals surface area contributed by atoms with E-state index in [0.29, 0.717) is 17.5 Å². The predicted molar refractivity (Wildman–Crippen MR) is 211 cm³/mol. The van der Waals surface area contributed by atoms with E-state index in [0.717, 1.165) is 44.3 Å². The van der Waals surface area contributed by atoms with Crippen molar-refractivity contribution in [3.8, 4) is 39.9 Å². The summed E-state index contributed by atoms with van der Waals surface area (Å²) in [6, 6.07) is 54.9. The standard InChI is InChI=1S/C45H26N4OS/c1-3-11-27(12-4-1)43-46-44(28-13-5-2-6-14-28)48-45(47-43)29-19-21-34-36-25-40-35(26-42(36)51-41(34)23-29)33-22-20-30(24-39(33)50-40)49-37-17-9-7-15-31(37)32-16-8-10-18-38(32)49/h1-26H. The molecule has 4 aromatic heterocycles. The number of hydrogen-bond donors (Lipinski definition) is 0. The molecule has 238 valence electrons. The molecule has 6 heteroatoms.